The molecule has 0 amide bonds. The van der Waals surface area contributed by atoms with Crippen LogP contribution in [0.4, 0.5) is 52.7 Å². The van der Waals surface area contributed by atoms with Crippen molar-refractivity contribution in [3.05, 3.63) is 0 Å². The molecule has 0 radical (unpaired) electrons. The van der Waals surface area contributed by atoms with Gasteiger partial charge in [-0.05, 0) is 58.3 Å². The van der Waals surface area contributed by atoms with E-state index < -0.39 is 84.9 Å². The topological polar surface area (TPSA) is 82.1 Å². The lowest BCUT2D eigenvalue weighted by molar-refractivity contribution is -0.373. The fourth-order valence-corrected chi connectivity index (χ4v) is 4.79. The standard InChI is InChI=1S/C22H26F12O6/c1-15(7-3-2-4-8-15)39-14(36)18(21(29,30)31,22(32,33)34)38-12-11-16(9-5-6-10-16)40-13(35)17(37,19(23,24)25)20(26,27)28/h37H,2-12H2,1H3. The van der Waals surface area contributed by atoms with Crippen molar-refractivity contribution in [1.82, 2.24) is 0 Å². The predicted octanol–water partition coefficient (Wildman–Crippen LogP) is 6.23. The molecule has 2 saturated carbocycles. The third-order valence-electron chi connectivity index (χ3n) is 7.15. The second-order valence-electron chi connectivity index (χ2n) is 10.2. The second kappa shape index (κ2) is 11.0. The average Bonchev–Trinajstić information content (AvgIpc) is 3.21. The van der Waals surface area contributed by atoms with E-state index in [-0.39, 0.29) is 25.7 Å². The van der Waals surface area contributed by atoms with Crippen LogP contribution in [0.3, 0.4) is 0 Å². The third-order valence-corrected chi connectivity index (χ3v) is 7.15. The summed E-state index contributed by atoms with van der Waals surface area (Å²) in [6.07, 6.45) is -27.6. The highest BCUT2D eigenvalue weighted by Gasteiger charge is 2.80. The van der Waals surface area contributed by atoms with Gasteiger partial charge in [0, 0.05) is 6.42 Å². The van der Waals surface area contributed by atoms with Gasteiger partial charge in [0.15, 0.2) is 0 Å². The molecule has 0 spiro atoms. The molecule has 0 bridgehead atoms. The summed E-state index contributed by atoms with van der Waals surface area (Å²) in [4.78, 5) is 24.5. The molecule has 0 aromatic heterocycles. The molecular weight excluding hydrogens is 588 g/mol. The Kier molecular flexibility index (Phi) is 9.43. The zero-order chi connectivity index (χ0) is 31.1. The van der Waals surface area contributed by atoms with Crippen molar-refractivity contribution in [2.75, 3.05) is 6.61 Å². The van der Waals surface area contributed by atoms with E-state index in [4.69, 9.17) is 0 Å². The number of hydrogen-bond donors (Lipinski definition) is 1. The van der Waals surface area contributed by atoms with E-state index in [1.165, 1.54) is 0 Å². The largest absolute Gasteiger partial charge is 0.457 e. The Bertz CT molecular complexity index is 881. The van der Waals surface area contributed by atoms with E-state index in [1.54, 1.807) is 0 Å². The van der Waals surface area contributed by atoms with Crippen molar-refractivity contribution in [3.8, 4) is 0 Å². The van der Waals surface area contributed by atoms with Crippen molar-refractivity contribution in [1.29, 1.82) is 0 Å². The molecule has 0 unspecified atom stereocenters. The van der Waals surface area contributed by atoms with E-state index in [1.807, 2.05) is 0 Å². The van der Waals surface area contributed by atoms with Gasteiger partial charge in [-0.2, -0.15) is 52.7 Å². The number of rotatable bonds is 8. The highest BCUT2D eigenvalue weighted by molar-refractivity contribution is 5.83. The number of carbonyl (C=O) groups is 2. The van der Waals surface area contributed by atoms with Crippen LogP contribution in [0.15, 0.2) is 0 Å². The molecule has 0 aliphatic heterocycles. The minimum Gasteiger partial charge on any atom is -0.457 e. The summed E-state index contributed by atoms with van der Waals surface area (Å²) in [5, 5.41) is 9.23. The summed E-state index contributed by atoms with van der Waals surface area (Å²) in [6, 6.07) is 0. The second-order valence-corrected chi connectivity index (χ2v) is 10.2. The van der Waals surface area contributed by atoms with Crippen LogP contribution >= 0.6 is 0 Å². The highest BCUT2D eigenvalue weighted by atomic mass is 19.4. The van der Waals surface area contributed by atoms with Gasteiger partial charge in [-0.1, -0.05) is 6.42 Å². The van der Waals surface area contributed by atoms with Crippen LogP contribution in [0.1, 0.15) is 71.1 Å². The Balaban J connectivity index is 2.36. The fraction of sp³-hybridized carbons (Fsp3) is 0.909. The first-order chi connectivity index (χ1) is 17.9. The van der Waals surface area contributed by atoms with Gasteiger partial charge >= 0.3 is 47.8 Å². The van der Waals surface area contributed by atoms with Gasteiger partial charge in [-0.25, -0.2) is 9.59 Å². The van der Waals surface area contributed by atoms with Crippen LogP contribution in [-0.4, -0.2) is 70.8 Å². The van der Waals surface area contributed by atoms with Crippen molar-refractivity contribution >= 4 is 11.9 Å². The first-order valence-corrected chi connectivity index (χ1v) is 12.0. The van der Waals surface area contributed by atoms with Crippen molar-refractivity contribution in [3.63, 3.8) is 0 Å². The number of aliphatic hydroxyl groups is 1. The first kappa shape index (κ1) is 34.2. The minimum absolute atomic E-state index is 0.0507. The van der Waals surface area contributed by atoms with Gasteiger partial charge in [0.1, 0.15) is 11.2 Å². The lowest BCUT2D eigenvalue weighted by atomic mass is 9.86. The SMILES string of the molecule is CC1(OC(=O)C(OCCC2(OC(=O)C(O)(C(F)(F)F)C(F)(F)F)CCCC2)(C(F)(F)F)C(F)(F)F)CCCCC1. The molecule has 2 fully saturated rings. The van der Waals surface area contributed by atoms with Gasteiger partial charge in [0.25, 0.3) is 0 Å². The number of hydrogen-bond acceptors (Lipinski definition) is 6. The molecule has 0 aromatic carbocycles. The predicted molar refractivity (Wildman–Crippen MR) is 107 cm³/mol. The van der Waals surface area contributed by atoms with Crippen LogP contribution in [-0.2, 0) is 23.8 Å². The lowest BCUT2D eigenvalue weighted by Crippen LogP contribution is -2.66. The van der Waals surface area contributed by atoms with Crippen LogP contribution < -0.4 is 0 Å². The van der Waals surface area contributed by atoms with Crippen molar-refractivity contribution in [2.24, 2.45) is 0 Å². The smallest absolute Gasteiger partial charge is 0.437 e. The molecule has 40 heavy (non-hydrogen) atoms. The number of halogens is 12. The summed E-state index contributed by atoms with van der Waals surface area (Å²) in [5.74, 6) is -6.12. The van der Waals surface area contributed by atoms with Gasteiger partial charge in [-0.15, -0.1) is 0 Å². The van der Waals surface area contributed by atoms with Gasteiger partial charge < -0.3 is 19.3 Å². The van der Waals surface area contributed by atoms with E-state index in [9.17, 15) is 67.4 Å². The van der Waals surface area contributed by atoms with Gasteiger partial charge in [0.2, 0.25) is 0 Å². The van der Waals surface area contributed by atoms with Crippen LogP contribution in [0.25, 0.3) is 0 Å². The zero-order valence-electron chi connectivity index (χ0n) is 20.8. The number of ether oxygens (including phenoxy) is 3. The molecule has 2 aliphatic carbocycles. The van der Waals surface area contributed by atoms with E-state index in [2.05, 4.69) is 14.2 Å². The van der Waals surface area contributed by atoms with E-state index >= 15 is 0 Å². The zero-order valence-corrected chi connectivity index (χ0v) is 20.8. The van der Waals surface area contributed by atoms with E-state index in [0.717, 1.165) is 6.92 Å². The molecule has 18 heteroatoms. The quantitative estimate of drug-likeness (QED) is 0.258. The summed E-state index contributed by atoms with van der Waals surface area (Å²) in [7, 11) is 0. The van der Waals surface area contributed by atoms with Gasteiger partial charge in [0.05, 0.1) is 6.61 Å². The lowest BCUT2D eigenvalue weighted by Gasteiger charge is -2.40. The molecule has 1 N–H and O–H groups in total. The molecule has 6 nitrogen and oxygen atoms in total. The molecule has 0 saturated heterocycles. The number of carbonyl (C=O) groups excluding carboxylic acids is 2. The normalized spacial score (nSPS) is 20.8. The summed E-state index contributed by atoms with van der Waals surface area (Å²) < 4.78 is 175. The number of esters is 2. The Labute approximate surface area is 219 Å². The Morgan fingerprint density at radius 2 is 1.07 bits per heavy atom. The molecular formula is C22H26F12O6. The molecule has 0 aromatic rings. The molecule has 0 heterocycles. The van der Waals surface area contributed by atoms with E-state index in [0.29, 0.717) is 19.3 Å². The Morgan fingerprint density at radius 1 is 0.650 bits per heavy atom. The third kappa shape index (κ3) is 6.41. The average molecular weight is 614 g/mol. The van der Waals surface area contributed by atoms with Crippen LogP contribution in [0.2, 0.25) is 0 Å². The minimum atomic E-state index is -6.64. The summed E-state index contributed by atoms with van der Waals surface area (Å²) >= 11 is 0. The summed E-state index contributed by atoms with van der Waals surface area (Å²) in [6.45, 7) is -0.619. The summed E-state index contributed by atoms with van der Waals surface area (Å²) in [5.41, 5.74) is -15.8. The maximum Gasteiger partial charge on any atom is 0.437 e. The maximum atomic E-state index is 13.9. The molecule has 2 aliphatic rings. The monoisotopic (exact) mass is 614 g/mol. The van der Waals surface area contributed by atoms with Crippen LogP contribution in [0.5, 0.6) is 0 Å². The van der Waals surface area contributed by atoms with Crippen LogP contribution in [0, 0.1) is 0 Å². The Hall–Kier alpha value is -1.98. The molecule has 2 rings (SSSR count). The Morgan fingerprint density at radius 3 is 1.48 bits per heavy atom. The maximum absolute atomic E-state index is 13.9. The fourth-order valence-electron chi connectivity index (χ4n) is 4.79. The number of alkyl halides is 12. The molecule has 234 valence electrons. The molecule has 0 atom stereocenters. The van der Waals surface area contributed by atoms with Crippen molar-refractivity contribution < 1.29 is 81.6 Å². The first-order valence-electron chi connectivity index (χ1n) is 12.0. The van der Waals surface area contributed by atoms with Crippen molar-refractivity contribution in [2.45, 2.75) is 118 Å². The van der Waals surface area contributed by atoms with Gasteiger partial charge in [-0.3, -0.25) is 0 Å². The highest BCUT2D eigenvalue weighted by Crippen LogP contribution is 2.50.